The van der Waals surface area contributed by atoms with Gasteiger partial charge in [-0.2, -0.15) is 0 Å². The van der Waals surface area contributed by atoms with E-state index in [9.17, 15) is 0 Å². The third kappa shape index (κ3) is 2.89. The lowest BCUT2D eigenvalue weighted by atomic mass is 9.80. The van der Waals surface area contributed by atoms with Gasteiger partial charge in [0.05, 0.1) is 6.04 Å². The van der Waals surface area contributed by atoms with Gasteiger partial charge in [-0.15, -0.1) is 0 Å². The summed E-state index contributed by atoms with van der Waals surface area (Å²) in [5.74, 6) is 6.50. The average molecular weight is 267 g/mol. The molecular formula is C17H21N3. The van der Waals surface area contributed by atoms with E-state index in [0.29, 0.717) is 0 Å². The summed E-state index contributed by atoms with van der Waals surface area (Å²) in [6.07, 6.45) is 8.60. The number of rotatable bonds is 5. The zero-order valence-electron chi connectivity index (χ0n) is 11.6. The van der Waals surface area contributed by atoms with Gasteiger partial charge in [-0.3, -0.25) is 16.3 Å². The molecule has 3 nitrogen and oxygen atoms in total. The third-order valence-electron chi connectivity index (χ3n) is 4.28. The molecular weight excluding hydrogens is 246 g/mol. The maximum Gasteiger partial charge on any atom is 0.0500 e. The Hall–Kier alpha value is -1.71. The highest BCUT2D eigenvalue weighted by Gasteiger charge is 2.19. The summed E-state index contributed by atoms with van der Waals surface area (Å²) < 4.78 is 0. The molecule has 0 amide bonds. The summed E-state index contributed by atoms with van der Waals surface area (Å²) in [5.41, 5.74) is 6.81. The second-order valence-electron chi connectivity index (χ2n) is 5.58. The lowest BCUT2D eigenvalue weighted by Gasteiger charge is -2.26. The van der Waals surface area contributed by atoms with E-state index < -0.39 is 0 Å². The van der Waals surface area contributed by atoms with Crippen LogP contribution in [0.4, 0.5) is 0 Å². The van der Waals surface area contributed by atoms with Gasteiger partial charge in [0, 0.05) is 12.4 Å². The Balaban J connectivity index is 1.72. The van der Waals surface area contributed by atoms with Gasteiger partial charge in [0.1, 0.15) is 0 Å². The smallest absolute Gasteiger partial charge is 0.0500 e. The Morgan fingerprint density at radius 1 is 1.20 bits per heavy atom. The minimum absolute atomic E-state index is 0.134. The van der Waals surface area contributed by atoms with Crippen LogP contribution < -0.4 is 11.3 Å². The maximum absolute atomic E-state index is 5.72. The molecule has 104 valence electrons. The lowest BCUT2D eigenvalue weighted by Crippen LogP contribution is -2.29. The van der Waals surface area contributed by atoms with E-state index in [2.05, 4.69) is 40.7 Å². The summed E-state index contributed by atoms with van der Waals surface area (Å²) in [4.78, 5) is 4.15. The van der Waals surface area contributed by atoms with Gasteiger partial charge < -0.3 is 0 Å². The highest BCUT2D eigenvalue weighted by molar-refractivity contribution is 5.29. The van der Waals surface area contributed by atoms with Gasteiger partial charge in [0.25, 0.3) is 0 Å². The Morgan fingerprint density at radius 3 is 2.55 bits per heavy atom. The van der Waals surface area contributed by atoms with Crippen LogP contribution in [-0.2, 0) is 6.42 Å². The Kier molecular flexibility index (Phi) is 4.09. The quantitative estimate of drug-likeness (QED) is 0.646. The van der Waals surface area contributed by atoms with Crippen LogP contribution in [-0.4, -0.2) is 4.98 Å². The topological polar surface area (TPSA) is 50.9 Å². The van der Waals surface area contributed by atoms with Crippen molar-refractivity contribution in [2.45, 2.75) is 37.6 Å². The maximum atomic E-state index is 5.72. The molecule has 1 fully saturated rings. The largest absolute Gasteiger partial charge is 0.271 e. The van der Waals surface area contributed by atoms with Gasteiger partial charge in [0.15, 0.2) is 0 Å². The number of benzene rings is 1. The molecule has 1 heterocycles. The first-order chi connectivity index (χ1) is 9.86. The molecule has 0 radical (unpaired) electrons. The summed E-state index contributed by atoms with van der Waals surface area (Å²) >= 11 is 0. The van der Waals surface area contributed by atoms with Crippen molar-refractivity contribution in [2.24, 2.45) is 5.84 Å². The van der Waals surface area contributed by atoms with E-state index in [1.54, 1.807) is 6.20 Å². The van der Waals surface area contributed by atoms with Crippen molar-refractivity contribution in [3.05, 3.63) is 65.5 Å². The van der Waals surface area contributed by atoms with Gasteiger partial charge in [-0.25, -0.2) is 0 Å². The second kappa shape index (κ2) is 6.16. The summed E-state index contributed by atoms with van der Waals surface area (Å²) in [6, 6.07) is 13.1. The van der Waals surface area contributed by atoms with Crippen molar-refractivity contribution in [1.82, 2.24) is 10.4 Å². The first-order valence-corrected chi connectivity index (χ1v) is 7.31. The molecule has 3 rings (SSSR count). The molecule has 1 aromatic carbocycles. The SMILES string of the molecule is NNC(Cc1cccnc1)c1ccc(C2CCC2)cc1. The zero-order valence-corrected chi connectivity index (χ0v) is 11.6. The lowest BCUT2D eigenvalue weighted by molar-refractivity contribution is 0.419. The standard InChI is InChI=1S/C17H21N3/c18-20-17(11-13-3-2-10-19-12-13)16-8-6-15(7-9-16)14-4-1-5-14/h2-3,6-10,12,14,17,20H,1,4-5,11,18H2. The molecule has 1 aliphatic carbocycles. The molecule has 1 aliphatic rings. The molecule has 1 atom stereocenters. The van der Waals surface area contributed by atoms with Crippen LogP contribution in [0, 0.1) is 0 Å². The number of nitrogens with zero attached hydrogens (tertiary/aromatic N) is 1. The number of hydrogen-bond acceptors (Lipinski definition) is 3. The highest BCUT2D eigenvalue weighted by Crippen LogP contribution is 2.36. The summed E-state index contributed by atoms with van der Waals surface area (Å²) in [7, 11) is 0. The molecule has 1 unspecified atom stereocenters. The number of nitrogens with two attached hydrogens (primary N) is 1. The fraction of sp³-hybridized carbons (Fsp3) is 0.353. The van der Waals surface area contributed by atoms with Crippen molar-refractivity contribution >= 4 is 0 Å². The van der Waals surface area contributed by atoms with Gasteiger partial charge in [-0.1, -0.05) is 36.8 Å². The molecule has 0 saturated heterocycles. The predicted octanol–water partition coefficient (Wildman–Crippen LogP) is 3.10. The fourth-order valence-electron chi connectivity index (χ4n) is 2.77. The van der Waals surface area contributed by atoms with Crippen LogP contribution in [0.1, 0.15) is 47.9 Å². The van der Waals surface area contributed by atoms with E-state index in [0.717, 1.165) is 12.3 Å². The van der Waals surface area contributed by atoms with Crippen LogP contribution in [0.3, 0.4) is 0 Å². The number of hydrazine groups is 1. The number of hydrogen-bond donors (Lipinski definition) is 2. The molecule has 3 heteroatoms. The zero-order chi connectivity index (χ0) is 13.8. The fourth-order valence-corrected chi connectivity index (χ4v) is 2.77. The minimum Gasteiger partial charge on any atom is -0.271 e. The molecule has 1 saturated carbocycles. The van der Waals surface area contributed by atoms with Crippen molar-refractivity contribution in [2.75, 3.05) is 0 Å². The van der Waals surface area contributed by atoms with Gasteiger partial charge in [-0.05, 0) is 47.9 Å². The first kappa shape index (κ1) is 13.3. The second-order valence-corrected chi connectivity index (χ2v) is 5.58. The predicted molar refractivity (Wildman–Crippen MR) is 81.0 cm³/mol. The summed E-state index contributed by atoms with van der Waals surface area (Å²) in [6.45, 7) is 0. The molecule has 0 aliphatic heterocycles. The number of pyridine rings is 1. The Bertz CT molecular complexity index is 532. The van der Waals surface area contributed by atoms with Crippen LogP contribution >= 0.6 is 0 Å². The van der Waals surface area contributed by atoms with Crippen molar-refractivity contribution in [3.8, 4) is 0 Å². The Morgan fingerprint density at radius 2 is 2.00 bits per heavy atom. The molecule has 20 heavy (non-hydrogen) atoms. The van der Waals surface area contributed by atoms with Gasteiger partial charge in [0.2, 0.25) is 0 Å². The van der Waals surface area contributed by atoms with Crippen LogP contribution in [0.5, 0.6) is 0 Å². The number of nitrogens with one attached hydrogen (secondary N) is 1. The highest BCUT2D eigenvalue weighted by atomic mass is 15.2. The molecule has 0 bridgehead atoms. The minimum atomic E-state index is 0.134. The first-order valence-electron chi connectivity index (χ1n) is 7.31. The van der Waals surface area contributed by atoms with E-state index in [-0.39, 0.29) is 6.04 Å². The van der Waals surface area contributed by atoms with Crippen LogP contribution in [0.25, 0.3) is 0 Å². The van der Waals surface area contributed by atoms with E-state index in [4.69, 9.17) is 5.84 Å². The molecule has 2 aromatic rings. The Labute approximate surface area is 120 Å². The van der Waals surface area contributed by atoms with E-state index >= 15 is 0 Å². The van der Waals surface area contributed by atoms with Crippen molar-refractivity contribution in [3.63, 3.8) is 0 Å². The van der Waals surface area contributed by atoms with Crippen LogP contribution in [0.2, 0.25) is 0 Å². The third-order valence-corrected chi connectivity index (χ3v) is 4.28. The van der Waals surface area contributed by atoms with Gasteiger partial charge >= 0.3 is 0 Å². The monoisotopic (exact) mass is 267 g/mol. The van der Waals surface area contributed by atoms with E-state index in [1.807, 2.05) is 12.3 Å². The molecule has 3 N–H and O–H groups in total. The normalized spacial score (nSPS) is 16.6. The average Bonchev–Trinajstić information content (AvgIpc) is 2.45. The van der Waals surface area contributed by atoms with Crippen molar-refractivity contribution in [1.29, 1.82) is 0 Å². The van der Waals surface area contributed by atoms with Crippen LogP contribution in [0.15, 0.2) is 48.8 Å². The summed E-state index contributed by atoms with van der Waals surface area (Å²) in [5, 5.41) is 0. The number of aromatic nitrogens is 1. The molecule has 1 aromatic heterocycles. The van der Waals surface area contributed by atoms with Crippen molar-refractivity contribution < 1.29 is 0 Å². The van der Waals surface area contributed by atoms with E-state index in [1.165, 1.54) is 36.0 Å². The molecule has 0 spiro atoms.